The fraction of sp³-hybridized carbons (Fsp3) is 0. The number of primary amides is 1. The third kappa shape index (κ3) is 2.29. The van der Waals surface area contributed by atoms with Gasteiger partial charge in [-0.3, -0.25) is 4.79 Å². The summed E-state index contributed by atoms with van der Waals surface area (Å²) in [7, 11) is 0.257. The van der Waals surface area contributed by atoms with Gasteiger partial charge in [0.25, 0.3) is 0 Å². The minimum absolute atomic E-state index is 0.380. The summed E-state index contributed by atoms with van der Waals surface area (Å²) >= 11 is 0. The molecule has 3 nitrogen and oxygen atoms in total. The molecule has 0 aliphatic carbocycles. The zero-order valence-corrected chi connectivity index (χ0v) is 10.3. The van der Waals surface area contributed by atoms with Crippen LogP contribution in [0.3, 0.4) is 0 Å². The van der Waals surface area contributed by atoms with E-state index in [1.165, 1.54) is 5.19 Å². The minimum Gasteiger partial charge on any atom is -0.465 e. The van der Waals surface area contributed by atoms with Crippen molar-refractivity contribution in [1.29, 1.82) is 0 Å². The molecule has 0 bridgehead atoms. The second-order valence-corrected chi connectivity index (χ2v) is 5.91. The van der Waals surface area contributed by atoms with Gasteiger partial charge in [0.15, 0.2) is 9.76 Å². The molecule has 0 aromatic heterocycles. The highest BCUT2D eigenvalue weighted by molar-refractivity contribution is 6.50. The van der Waals surface area contributed by atoms with Gasteiger partial charge in [-0.2, -0.15) is 0 Å². The van der Waals surface area contributed by atoms with Gasteiger partial charge >= 0.3 is 0 Å². The van der Waals surface area contributed by atoms with Crippen LogP contribution in [-0.4, -0.2) is 26.2 Å². The second-order valence-electron chi connectivity index (χ2n) is 2.49. The Morgan fingerprint density at radius 2 is 2.00 bits per heavy atom. The van der Waals surface area contributed by atoms with Crippen molar-refractivity contribution >= 4 is 31.3 Å². The summed E-state index contributed by atoms with van der Waals surface area (Å²) in [5.41, 5.74) is 5.64. The third-order valence-electron chi connectivity index (χ3n) is 1.55. The zero-order valence-electron chi connectivity index (χ0n) is 6.91. The van der Waals surface area contributed by atoms with Crippen molar-refractivity contribution in [3.05, 3.63) is 29.8 Å². The number of nitrogens with two attached hydrogens (primary N) is 1. The van der Waals surface area contributed by atoms with Gasteiger partial charge in [0.05, 0.1) is 0 Å². The molecule has 1 aromatic carbocycles. The molecule has 0 unspecified atom stereocenters. The maximum Gasteiger partial charge on any atom is 0.248 e. The molecule has 1 rings (SSSR count). The number of benzene rings is 1. The van der Waals surface area contributed by atoms with E-state index in [1.807, 2.05) is 12.1 Å². The Bertz CT molecular complexity index is 273. The monoisotopic (exact) mass is 197 g/mol. The van der Waals surface area contributed by atoms with E-state index in [4.69, 9.17) is 9.85 Å². The maximum atomic E-state index is 10.7. The summed E-state index contributed by atoms with van der Waals surface area (Å²) in [6.07, 6.45) is 0. The van der Waals surface area contributed by atoms with Crippen LogP contribution in [0.4, 0.5) is 0 Å². The quantitative estimate of drug-likeness (QED) is 0.559. The average molecular weight is 197 g/mol. The van der Waals surface area contributed by atoms with Crippen LogP contribution < -0.4 is 10.9 Å². The topological polar surface area (TPSA) is 52.3 Å². The van der Waals surface area contributed by atoms with Crippen molar-refractivity contribution in [3.8, 4) is 0 Å². The van der Waals surface area contributed by atoms with Gasteiger partial charge in [-0.05, 0) is 17.3 Å². The predicted octanol–water partition coefficient (Wildman–Crippen LogP) is -2.21. The van der Waals surface area contributed by atoms with E-state index < -0.39 is 9.76 Å². The summed E-state index contributed by atoms with van der Waals surface area (Å²) in [4.78, 5) is 10.7. The van der Waals surface area contributed by atoms with E-state index >= 15 is 0 Å². The van der Waals surface area contributed by atoms with E-state index in [9.17, 15) is 4.79 Å². The lowest BCUT2D eigenvalue weighted by atomic mass is 10.2. The van der Waals surface area contributed by atoms with Gasteiger partial charge in [0, 0.05) is 5.56 Å². The molecule has 0 saturated heterocycles. The third-order valence-corrected chi connectivity index (χ3v) is 3.51. The molecule has 2 N–H and O–H groups in total. The Balaban J connectivity index is 2.78. The summed E-state index contributed by atoms with van der Waals surface area (Å²) < 4.78 is 5.19. The molecule has 0 heterocycles. The summed E-state index contributed by atoms with van der Waals surface area (Å²) in [6, 6.07) is 7.30. The van der Waals surface area contributed by atoms with Crippen LogP contribution in [0, 0.1) is 0 Å². The molecule has 1 amide bonds. The van der Waals surface area contributed by atoms with Crippen LogP contribution in [-0.2, 0) is 4.12 Å². The number of carbonyl (C=O) groups excluding carboxylic acids is 1. The van der Waals surface area contributed by atoms with Crippen molar-refractivity contribution in [1.82, 2.24) is 0 Å². The number of hydrogen-bond donors (Lipinski definition) is 1. The van der Waals surface area contributed by atoms with Crippen LogP contribution >= 0.6 is 0 Å². The number of hydrogen-bond acceptors (Lipinski definition) is 2. The molecule has 0 aliphatic heterocycles. The molecule has 0 atom stereocenters. The minimum atomic E-state index is -0.532. The van der Waals surface area contributed by atoms with Gasteiger partial charge in [-0.15, -0.1) is 0 Å². The van der Waals surface area contributed by atoms with E-state index in [1.54, 1.807) is 12.1 Å². The van der Waals surface area contributed by atoms with Crippen molar-refractivity contribution in [2.75, 3.05) is 0 Å². The summed E-state index contributed by atoms with van der Waals surface area (Å²) in [5, 5.41) is 1.20. The molecule has 0 spiro atoms. The molecule has 0 radical (unpaired) electrons. The van der Waals surface area contributed by atoms with Crippen molar-refractivity contribution < 1.29 is 8.91 Å². The van der Waals surface area contributed by atoms with Crippen molar-refractivity contribution in [2.24, 2.45) is 5.73 Å². The molecule has 12 heavy (non-hydrogen) atoms. The molecule has 0 saturated carbocycles. The standard InChI is InChI=1S/C7H11NO2Si2/c8-7(9)5-1-3-6(4-2-5)12-10-11/h1-4H,12H2,11H3,(H2,8,9). The number of rotatable bonds is 3. The van der Waals surface area contributed by atoms with Crippen LogP contribution in [0.25, 0.3) is 0 Å². The lowest BCUT2D eigenvalue weighted by molar-refractivity contribution is 0.100. The molecule has 0 aliphatic rings. The van der Waals surface area contributed by atoms with E-state index in [2.05, 4.69) is 0 Å². The van der Waals surface area contributed by atoms with Crippen LogP contribution in [0.2, 0.25) is 0 Å². The smallest absolute Gasteiger partial charge is 0.248 e. The van der Waals surface area contributed by atoms with Crippen molar-refractivity contribution in [3.63, 3.8) is 0 Å². The van der Waals surface area contributed by atoms with Crippen LogP contribution in [0.15, 0.2) is 24.3 Å². The first kappa shape index (κ1) is 9.17. The maximum absolute atomic E-state index is 10.7. The lowest BCUT2D eigenvalue weighted by Crippen LogP contribution is -2.18. The van der Waals surface area contributed by atoms with Gasteiger partial charge in [-0.25, -0.2) is 0 Å². The van der Waals surface area contributed by atoms with Gasteiger partial charge in [-0.1, -0.05) is 12.1 Å². The first-order valence-electron chi connectivity index (χ1n) is 3.61. The normalized spacial score (nSPS) is 11.0. The van der Waals surface area contributed by atoms with E-state index in [0.29, 0.717) is 5.56 Å². The predicted molar refractivity (Wildman–Crippen MR) is 54.2 cm³/mol. The molecule has 5 heteroatoms. The highest BCUT2D eigenvalue weighted by atomic mass is 28.3. The highest BCUT2D eigenvalue weighted by Crippen LogP contribution is 1.94. The fourth-order valence-corrected chi connectivity index (χ4v) is 2.69. The van der Waals surface area contributed by atoms with Gasteiger partial charge < -0.3 is 9.85 Å². The number of carbonyl (C=O) groups is 1. The highest BCUT2D eigenvalue weighted by Gasteiger charge is 1.98. The Morgan fingerprint density at radius 3 is 2.42 bits per heavy atom. The van der Waals surface area contributed by atoms with Gasteiger partial charge in [0.2, 0.25) is 5.91 Å². The Morgan fingerprint density at radius 1 is 1.42 bits per heavy atom. The first-order chi connectivity index (χ1) is 5.74. The Kier molecular flexibility index (Phi) is 3.21. The Hall–Kier alpha value is -0.916. The molecular weight excluding hydrogens is 186 g/mol. The van der Waals surface area contributed by atoms with Crippen molar-refractivity contribution in [2.45, 2.75) is 0 Å². The Labute approximate surface area is 76.4 Å². The molecule has 1 aromatic rings. The zero-order chi connectivity index (χ0) is 8.97. The molecule has 64 valence electrons. The van der Waals surface area contributed by atoms with Crippen LogP contribution in [0.5, 0.6) is 0 Å². The van der Waals surface area contributed by atoms with E-state index in [-0.39, 0.29) is 5.91 Å². The van der Waals surface area contributed by atoms with E-state index in [0.717, 1.165) is 10.5 Å². The summed E-state index contributed by atoms with van der Waals surface area (Å²) in [5.74, 6) is -0.380. The lowest BCUT2D eigenvalue weighted by Gasteiger charge is -1.99. The molecule has 0 fully saturated rings. The fourth-order valence-electron chi connectivity index (χ4n) is 0.932. The van der Waals surface area contributed by atoms with Crippen LogP contribution in [0.1, 0.15) is 10.4 Å². The number of amides is 1. The molecular formula is C7H11NO2Si2. The largest absolute Gasteiger partial charge is 0.465 e. The SMILES string of the molecule is NC(=O)c1ccc([SiH2]O[SiH3])cc1. The summed E-state index contributed by atoms with van der Waals surface area (Å²) in [6.45, 7) is 0. The second kappa shape index (κ2) is 4.19. The van der Waals surface area contributed by atoms with Gasteiger partial charge in [0.1, 0.15) is 10.5 Å². The average Bonchev–Trinajstić information content (AvgIpc) is 2.06. The first-order valence-corrected chi connectivity index (χ1v) is 5.72.